The molecule has 0 radical (unpaired) electrons. The maximum atomic E-state index is 10.8. The van der Waals surface area contributed by atoms with E-state index < -0.39 is 5.60 Å². The van der Waals surface area contributed by atoms with Crippen molar-refractivity contribution in [1.29, 1.82) is 0 Å². The molecule has 1 aliphatic rings. The first-order valence-corrected chi connectivity index (χ1v) is 6.92. The molecule has 1 atom stereocenters. The van der Waals surface area contributed by atoms with Crippen LogP contribution in [0.15, 0.2) is 36.4 Å². The number of thiophene rings is 1. The average molecular weight is 265 g/mol. The molecule has 2 aromatic rings. The predicted octanol–water partition coefficient (Wildman–Crippen LogP) is 3.78. The largest absolute Gasteiger partial charge is 0.384 e. The zero-order valence-electron chi connectivity index (χ0n) is 9.32. The van der Waals surface area contributed by atoms with Gasteiger partial charge in [0.05, 0.1) is 4.34 Å². The summed E-state index contributed by atoms with van der Waals surface area (Å²) in [5, 5.41) is 10.8. The van der Waals surface area contributed by atoms with Gasteiger partial charge in [0.2, 0.25) is 0 Å². The molecule has 1 nitrogen and oxygen atoms in total. The summed E-state index contributed by atoms with van der Waals surface area (Å²) in [7, 11) is 0. The maximum absolute atomic E-state index is 10.8. The predicted molar refractivity (Wildman–Crippen MR) is 71.7 cm³/mol. The summed E-state index contributed by atoms with van der Waals surface area (Å²) in [6, 6.07) is 12.2. The van der Waals surface area contributed by atoms with E-state index in [-0.39, 0.29) is 0 Å². The van der Waals surface area contributed by atoms with Crippen molar-refractivity contribution in [2.45, 2.75) is 24.9 Å². The van der Waals surface area contributed by atoms with E-state index >= 15 is 0 Å². The van der Waals surface area contributed by atoms with Crippen LogP contribution in [-0.4, -0.2) is 5.11 Å². The van der Waals surface area contributed by atoms with Gasteiger partial charge in [-0.25, -0.2) is 0 Å². The van der Waals surface area contributed by atoms with Crippen LogP contribution in [0, 0.1) is 0 Å². The lowest BCUT2D eigenvalue weighted by molar-refractivity contribution is 0.0259. The Balaban J connectivity index is 1.97. The van der Waals surface area contributed by atoms with Crippen molar-refractivity contribution in [1.82, 2.24) is 0 Å². The Kier molecular flexibility index (Phi) is 2.74. The Labute approximate surface area is 110 Å². The molecular formula is C14H13ClOS. The van der Waals surface area contributed by atoms with Gasteiger partial charge >= 0.3 is 0 Å². The summed E-state index contributed by atoms with van der Waals surface area (Å²) in [4.78, 5) is 0.983. The second-order valence-electron chi connectivity index (χ2n) is 4.58. The first-order valence-electron chi connectivity index (χ1n) is 5.72. The highest BCUT2D eigenvalue weighted by molar-refractivity contribution is 7.16. The molecule has 3 rings (SSSR count). The first-order chi connectivity index (χ1) is 8.17. The van der Waals surface area contributed by atoms with Gasteiger partial charge < -0.3 is 5.11 Å². The molecule has 0 bridgehead atoms. The molecule has 0 spiro atoms. The maximum Gasteiger partial charge on any atom is 0.103 e. The molecule has 1 aromatic heterocycles. The number of aryl methyl sites for hydroxylation is 1. The number of aliphatic hydroxyl groups is 1. The zero-order valence-corrected chi connectivity index (χ0v) is 10.9. The van der Waals surface area contributed by atoms with Crippen molar-refractivity contribution in [2.24, 2.45) is 0 Å². The minimum Gasteiger partial charge on any atom is -0.384 e. The summed E-state index contributed by atoms with van der Waals surface area (Å²) in [6.07, 6.45) is 2.41. The fourth-order valence-electron chi connectivity index (χ4n) is 2.49. The Hall–Kier alpha value is -0.830. The number of benzene rings is 1. The minimum absolute atomic E-state index is 0.694. The molecule has 1 aliphatic carbocycles. The summed E-state index contributed by atoms with van der Waals surface area (Å²) < 4.78 is 0.743. The highest BCUT2D eigenvalue weighted by atomic mass is 35.5. The third kappa shape index (κ3) is 2.01. The lowest BCUT2D eigenvalue weighted by atomic mass is 9.80. The van der Waals surface area contributed by atoms with Gasteiger partial charge in [-0.1, -0.05) is 35.9 Å². The third-order valence-electron chi connectivity index (χ3n) is 3.44. The van der Waals surface area contributed by atoms with Gasteiger partial charge in [0.25, 0.3) is 0 Å². The van der Waals surface area contributed by atoms with Gasteiger partial charge in [0.1, 0.15) is 5.60 Å². The van der Waals surface area contributed by atoms with E-state index in [4.69, 9.17) is 11.6 Å². The van der Waals surface area contributed by atoms with E-state index in [1.165, 1.54) is 22.5 Å². The minimum atomic E-state index is -0.730. The highest BCUT2D eigenvalue weighted by Gasteiger charge is 2.34. The number of hydrogen-bond donors (Lipinski definition) is 1. The lowest BCUT2D eigenvalue weighted by Gasteiger charge is -2.32. The van der Waals surface area contributed by atoms with Crippen molar-refractivity contribution < 1.29 is 5.11 Å². The van der Waals surface area contributed by atoms with Gasteiger partial charge in [-0.15, -0.1) is 11.3 Å². The second-order valence-corrected chi connectivity index (χ2v) is 6.30. The SMILES string of the molecule is OC1(c2ccc(Cl)s2)CCc2ccccc2C1. The Morgan fingerprint density at radius 1 is 1.12 bits per heavy atom. The van der Waals surface area contributed by atoms with Crippen LogP contribution in [0.25, 0.3) is 0 Å². The molecule has 88 valence electrons. The van der Waals surface area contributed by atoms with Crippen LogP contribution >= 0.6 is 22.9 Å². The second kappa shape index (κ2) is 4.13. The summed E-state index contributed by atoms with van der Waals surface area (Å²) in [5.41, 5.74) is 1.89. The van der Waals surface area contributed by atoms with Crippen LogP contribution in [-0.2, 0) is 18.4 Å². The average Bonchev–Trinajstić information content (AvgIpc) is 2.76. The standard InChI is InChI=1S/C14H13ClOS/c15-13-6-5-12(17-13)14(16)8-7-10-3-1-2-4-11(10)9-14/h1-6,16H,7-9H2. The van der Waals surface area contributed by atoms with Gasteiger partial charge in [0, 0.05) is 11.3 Å². The smallest absolute Gasteiger partial charge is 0.103 e. The van der Waals surface area contributed by atoms with Gasteiger partial charge in [-0.05, 0) is 36.1 Å². The quantitative estimate of drug-likeness (QED) is 0.831. The Morgan fingerprint density at radius 3 is 2.59 bits per heavy atom. The third-order valence-corrected chi connectivity index (χ3v) is 4.87. The summed E-state index contributed by atoms with van der Waals surface area (Å²) in [5.74, 6) is 0. The molecule has 0 saturated carbocycles. The number of fused-ring (bicyclic) bond motifs is 1. The van der Waals surface area contributed by atoms with Crippen molar-refractivity contribution in [3.05, 3.63) is 56.7 Å². The van der Waals surface area contributed by atoms with Crippen molar-refractivity contribution in [3.8, 4) is 0 Å². The molecule has 1 heterocycles. The highest BCUT2D eigenvalue weighted by Crippen LogP contribution is 2.40. The molecule has 0 saturated heterocycles. The van der Waals surface area contributed by atoms with Crippen LogP contribution in [0.2, 0.25) is 4.34 Å². The normalized spacial score (nSPS) is 23.4. The molecule has 1 aromatic carbocycles. The molecule has 3 heteroatoms. The van der Waals surface area contributed by atoms with Crippen molar-refractivity contribution >= 4 is 22.9 Å². The van der Waals surface area contributed by atoms with E-state index in [0.29, 0.717) is 6.42 Å². The fourth-order valence-corrected chi connectivity index (χ4v) is 3.65. The fraction of sp³-hybridized carbons (Fsp3) is 0.286. The molecule has 17 heavy (non-hydrogen) atoms. The summed E-state index contributed by atoms with van der Waals surface area (Å²) >= 11 is 7.43. The lowest BCUT2D eigenvalue weighted by Crippen LogP contribution is -2.32. The van der Waals surface area contributed by atoms with Crippen molar-refractivity contribution in [3.63, 3.8) is 0 Å². The Bertz CT molecular complexity index is 549. The molecule has 1 N–H and O–H groups in total. The number of hydrogen-bond acceptors (Lipinski definition) is 2. The van der Waals surface area contributed by atoms with E-state index in [2.05, 4.69) is 18.2 Å². The van der Waals surface area contributed by atoms with Crippen LogP contribution in [0.4, 0.5) is 0 Å². The molecular weight excluding hydrogens is 252 g/mol. The molecule has 0 fully saturated rings. The van der Waals surface area contributed by atoms with Gasteiger partial charge in [-0.2, -0.15) is 0 Å². The van der Waals surface area contributed by atoms with E-state index in [1.807, 2.05) is 18.2 Å². The van der Waals surface area contributed by atoms with E-state index in [1.54, 1.807) is 0 Å². The zero-order chi connectivity index (χ0) is 11.9. The van der Waals surface area contributed by atoms with Crippen LogP contribution in [0.3, 0.4) is 0 Å². The molecule has 0 amide bonds. The number of halogens is 1. The Morgan fingerprint density at radius 2 is 1.88 bits per heavy atom. The first kappa shape index (κ1) is 11.3. The monoisotopic (exact) mass is 264 g/mol. The van der Waals surface area contributed by atoms with E-state index in [0.717, 1.165) is 22.1 Å². The van der Waals surface area contributed by atoms with Crippen LogP contribution in [0.1, 0.15) is 22.4 Å². The van der Waals surface area contributed by atoms with Crippen molar-refractivity contribution in [2.75, 3.05) is 0 Å². The van der Waals surface area contributed by atoms with Crippen LogP contribution < -0.4 is 0 Å². The van der Waals surface area contributed by atoms with E-state index in [9.17, 15) is 5.11 Å². The molecule has 0 aliphatic heterocycles. The van der Waals surface area contributed by atoms with Gasteiger partial charge in [0.15, 0.2) is 0 Å². The topological polar surface area (TPSA) is 20.2 Å². The number of rotatable bonds is 1. The van der Waals surface area contributed by atoms with Crippen LogP contribution in [0.5, 0.6) is 0 Å². The molecule has 1 unspecified atom stereocenters. The van der Waals surface area contributed by atoms with Gasteiger partial charge in [-0.3, -0.25) is 0 Å². The summed E-state index contributed by atoms with van der Waals surface area (Å²) in [6.45, 7) is 0.